The third-order valence-electron chi connectivity index (χ3n) is 16.5. The zero-order valence-corrected chi connectivity index (χ0v) is 45.8. The summed E-state index contributed by atoms with van der Waals surface area (Å²) in [5.74, 6) is -0.945. The van der Waals surface area contributed by atoms with Crippen molar-refractivity contribution in [1.82, 2.24) is 34.5 Å². The van der Waals surface area contributed by atoms with Crippen molar-refractivity contribution in [2.24, 2.45) is 11.3 Å². The molecule has 10 rings (SSSR count). The number of aromatic amines is 1. The third kappa shape index (κ3) is 12.3. The highest BCUT2D eigenvalue weighted by Crippen LogP contribution is 2.53. The van der Waals surface area contributed by atoms with E-state index < -0.39 is 42.9 Å². The van der Waals surface area contributed by atoms with E-state index in [0.29, 0.717) is 68.8 Å². The Morgan fingerprint density at radius 1 is 1.00 bits per heavy atom. The summed E-state index contributed by atoms with van der Waals surface area (Å²) in [4.78, 5) is 48.1. The monoisotopic (exact) mass is 1100 g/mol. The molecule has 20 nitrogen and oxygen atoms in total. The van der Waals surface area contributed by atoms with Gasteiger partial charge in [0, 0.05) is 100 Å². The number of aromatic nitrogens is 4. The molecule has 1 atom stereocenters. The Hall–Kier alpha value is -6.98. The summed E-state index contributed by atoms with van der Waals surface area (Å²) in [5, 5.41) is 35.0. The molecule has 4 fully saturated rings. The number of carbonyl (C=O) groups excluding carboxylic acids is 1. The second-order valence-corrected chi connectivity index (χ2v) is 23.9. The molecule has 22 heteroatoms. The minimum atomic E-state index is -4.75. The van der Waals surface area contributed by atoms with E-state index in [-0.39, 0.29) is 70.4 Å². The number of piperazine rings is 1. The number of rotatable bonds is 19. The number of nitrogens with one attached hydrogen (secondary N) is 3. The molecular weight excluding hydrogens is 1040 g/mol. The number of halogens is 1. The minimum absolute atomic E-state index is 0.0234. The molecule has 2 aromatic carbocycles. The Kier molecular flexibility index (Phi) is 16.1. The predicted molar refractivity (Wildman–Crippen MR) is 295 cm³/mol. The van der Waals surface area contributed by atoms with Crippen LogP contribution >= 0.6 is 0 Å². The average Bonchev–Trinajstić information content (AvgIpc) is 3.99. The first-order chi connectivity index (χ1) is 37.9. The maximum Gasteiger partial charge on any atom is 0.312 e. The molecule has 6 aromatic rings. The van der Waals surface area contributed by atoms with Crippen molar-refractivity contribution in [2.75, 3.05) is 69.8 Å². The first kappa shape index (κ1) is 55.3. The fourth-order valence-corrected chi connectivity index (χ4v) is 13.0. The minimum Gasteiger partial charge on any atom is -0.478 e. The van der Waals surface area contributed by atoms with Gasteiger partial charge in [0.25, 0.3) is 21.8 Å². The summed E-state index contributed by atoms with van der Waals surface area (Å²) in [5.41, 5.74) is 3.35. The van der Waals surface area contributed by atoms with Crippen molar-refractivity contribution >= 4 is 44.2 Å². The van der Waals surface area contributed by atoms with Crippen LogP contribution in [0.15, 0.2) is 90.2 Å². The van der Waals surface area contributed by atoms with E-state index in [2.05, 4.69) is 82.8 Å². The summed E-state index contributed by atoms with van der Waals surface area (Å²) < 4.78 is 62.3. The number of hydrogen-bond donors (Lipinski definition) is 5. The van der Waals surface area contributed by atoms with Crippen LogP contribution in [0.4, 0.5) is 21.6 Å². The van der Waals surface area contributed by atoms with Crippen molar-refractivity contribution in [3.05, 3.63) is 124 Å². The highest BCUT2D eigenvalue weighted by atomic mass is 32.2. The molecule has 2 saturated carbocycles. The highest BCUT2D eigenvalue weighted by molar-refractivity contribution is 7.90. The quantitative estimate of drug-likeness (QED) is 0.0377. The van der Waals surface area contributed by atoms with Gasteiger partial charge in [0.05, 0.1) is 41.4 Å². The number of ether oxygens (including phenoxy) is 3. The van der Waals surface area contributed by atoms with Gasteiger partial charge in [0.15, 0.2) is 5.75 Å². The first-order valence-corrected chi connectivity index (χ1v) is 28.6. The van der Waals surface area contributed by atoms with Crippen molar-refractivity contribution in [2.45, 2.75) is 107 Å². The molecule has 1 amide bonds. The highest BCUT2D eigenvalue weighted by Gasteiger charge is 2.50. The lowest BCUT2D eigenvalue weighted by Crippen LogP contribution is -2.60. The summed E-state index contributed by atoms with van der Waals surface area (Å²) in [6.07, 6.45) is 10.4. The first-order valence-electron chi connectivity index (χ1n) is 27.1. The molecule has 0 unspecified atom stereocenters. The number of benzene rings is 2. The smallest absolute Gasteiger partial charge is 0.312 e. The maximum absolute atomic E-state index is 14.9. The van der Waals surface area contributed by atoms with Gasteiger partial charge >= 0.3 is 5.69 Å². The lowest BCUT2D eigenvalue weighted by atomic mass is 9.59. The van der Waals surface area contributed by atoms with Crippen LogP contribution in [-0.4, -0.2) is 130 Å². The van der Waals surface area contributed by atoms with E-state index in [4.69, 9.17) is 14.2 Å². The number of amides is 1. The largest absolute Gasteiger partial charge is 0.478 e. The lowest BCUT2D eigenvalue weighted by molar-refractivity contribution is -0.384. The third-order valence-corrected chi connectivity index (χ3v) is 17.8. The zero-order chi connectivity index (χ0) is 55.6. The van der Waals surface area contributed by atoms with Crippen LogP contribution in [-0.2, 0) is 16.6 Å². The maximum atomic E-state index is 14.9. The van der Waals surface area contributed by atoms with Gasteiger partial charge in [-0.3, -0.25) is 24.7 Å². The summed E-state index contributed by atoms with van der Waals surface area (Å²) in [6.45, 7) is 11.6. The zero-order valence-electron chi connectivity index (χ0n) is 45.0. The van der Waals surface area contributed by atoms with E-state index in [1.54, 1.807) is 25.3 Å². The Morgan fingerprint density at radius 3 is 2.51 bits per heavy atom. The van der Waals surface area contributed by atoms with Gasteiger partial charge in [-0.2, -0.15) is 4.98 Å². The Morgan fingerprint density at radius 2 is 1.77 bits per heavy atom. The van der Waals surface area contributed by atoms with E-state index in [1.165, 1.54) is 30.4 Å². The number of nitrogens with zero attached hydrogens (tertiary/aromatic N) is 7. The number of carbonyl (C=O) groups is 1. The van der Waals surface area contributed by atoms with Gasteiger partial charge in [-0.15, -0.1) is 0 Å². The normalized spacial score (nSPS) is 21.0. The Labute approximate surface area is 458 Å². The Balaban J connectivity index is 0.852. The van der Waals surface area contributed by atoms with Crippen LogP contribution in [0.1, 0.15) is 111 Å². The van der Waals surface area contributed by atoms with Crippen molar-refractivity contribution < 1.29 is 46.9 Å². The number of H-pyrrole nitrogens is 1. The second-order valence-electron chi connectivity index (χ2n) is 22.3. The molecule has 2 aliphatic heterocycles. The van der Waals surface area contributed by atoms with Crippen LogP contribution in [0, 0.1) is 27.3 Å². The molecule has 2 aliphatic carbocycles. The average molecular weight is 1110 g/mol. The second kappa shape index (κ2) is 23.0. The molecule has 5 N–H and O–H groups in total. The van der Waals surface area contributed by atoms with E-state index in [1.807, 2.05) is 12.1 Å². The number of aliphatic hydroxyl groups excluding tert-OH is 1. The fourth-order valence-electron chi connectivity index (χ4n) is 12.0. The van der Waals surface area contributed by atoms with E-state index in [0.717, 1.165) is 75.9 Å². The van der Waals surface area contributed by atoms with Crippen LogP contribution in [0.3, 0.4) is 0 Å². The number of sulfonamides is 1. The number of piperidine rings is 1. The number of fused-ring (bicyclic) bond motifs is 1. The summed E-state index contributed by atoms with van der Waals surface area (Å²) in [7, 11) is -3.39. The van der Waals surface area contributed by atoms with Gasteiger partial charge in [0.1, 0.15) is 28.7 Å². The summed E-state index contributed by atoms with van der Waals surface area (Å²) >= 11 is 0. The molecule has 420 valence electrons. The van der Waals surface area contributed by atoms with Gasteiger partial charge in [-0.05, 0) is 110 Å². The molecule has 0 radical (unpaired) electrons. The molecule has 0 bridgehead atoms. The van der Waals surface area contributed by atoms with E-state index in [9.17, 15) is 37.9 Å². The Bertz CT molecular complexity index is 3300. The van der Waals surface area contributed by atoms with Crippen LogP contribution in [0.2, 0.25) is 0 Å². The van der Waals surface area contributed by atoms with Gasteiger partial charge < -0.3 is 39.6 Å². The summed E-state index contributed by atoms with van der Waals surface area (Å²) in [6, 6.07) is 20.5. The van der Waals surface area contributed by atoms with Crippen molar-refractivity contribution in [1.29, 1.82) is 0 Å². The number of methoxy groups -OCH3 is 1. The van der Waals surface area contributed by atoms with Crippen molar-refractivity contribution in [3.8, 4) is 23.3 Å². The number of hydrogen-bond acceptors (Lipinski definition) is 17. The topological polar surface area (TPSA) is 251 Å². The number of aliphatic hydroxyl groups is 2. The number of anilines is 2. The molecule has 1 spiro atoms. The lowest BCUT2D eigenvalue weighted by Gasteiger charge is -2.58. The molecule has 4 aliphatic rings. The number of nitro groups is 1. The predicted octanol–water partition coefficient (Wildman–Crippen LogP) is 8.48. The van der Waals surface area contributed by atoms with Crippen LogP contribution in [0.5, 0.6) is 23.3 Å². The fraction of sp³-hybridized carbons (Fsp3) is 0.474. The SMILES string of the molecule is COc1nc2[nH]cc(F)c2cc1Oc1cc(N2CCC3(CC2)CC(N2CCN(Cc4ccnc(OCCO)c4)C[C@H]2c2ccccc2C(C)C)C3)ccc1C(=O)NS(=O)(=O)c1cnc(NCC2CCC(C)(O)CC2)c([N+](=O)[O-])c1. The van der Waals surface area contributed by atoms with Crippen LogP contribution in [0.25, 0.3) is 11.0 Å². The molecule has 6 heterocycles. The molecule has 2 saturated heterocycles. The molecule has 79 heavy (non-hydrogen) atoms. The standard InChI is InChI=1S/C57H69FN10O10S/c1-36(2)42-7-5-6-8-43(42)48-35-65(34-38-13-18-59-51(25-38)77-24-23-69)21-22-67(48)40-29-57(30-40)16-19-66(20-17-57)39-9-10-44(49(26-39)78-50-28-45-46(58)33-62-52(45)63-55(50)76-4)54(70)64-79(74,75)41-27-47(68(72)73)53(61-32-41)60-31-37-11-14-56(3,71)15-12-37/h5-10,13,18,25-28,32-33,36-37,40,48,69,71H,11-12,14-17,19-24,29-31,34-35H2,1-4H3,(H,60,61)(H,62,63)(H,64,70)/t37?,48-,56?/m0/s1. The van der Waals surface area contributed by atoms with Crippen molar-refractivity contribution in [3.63, 3.8) is 0 Å². The van der Waals surface area contributed by atoms with Gasteiger partial charge in [0.2, 0.25) is 11.7 Å². The van der Waals surface area contributed by atoms with Crippen LogP contribution < -0.4 is 29.1 Å². The molecular formula is C57H69FN10O10S. The number of pyridine rings is 3. The molecule has 4 aromatic heterocycles. The van der Waals surface area contributed by atoms with E-state index >= 15 is 0 Å². The van der Waals surface area contributed by atoms with Gasteiger partial charge in [-0.1, -0.05) is 38.1 Å². The van der Waals surface area contributed by atoms with Gasteiger partial charge in [-0.25, -0.2) is 27.5 Å².